The van der Waals surface area contributed by atoms with Gasteiger partial charge in [-0.25, -0.2) is 4.39 Å². The highest BCUT2D eigenvalue weighted by Crippen LogP contribution is 2.35. The Hall–Kier alpha value is -1.25. The van der Waals surface area contributed by atoms with Crippen molar-refractivity contribution in [1.29, 1.82) is 0 Å². The quantitative estimate of drug-likeness (QED) is 0.752. The number of anilines is 1. The molecule has 0 heterocycles. The van der Waals surface area contributed by atoms with Gasteiger partial charge in [-0.2, -0.15) is 0 Å². The molecule has 0 aliphatic rings. The first-order valence-electron chi connectivity index (χ1n) is 4.59. The summed E-state index contributed by atoms with van der Waals surface area (Å²) in [6.45, 7) is 0. The number of nitrogens with two attached hydrogens (primary N) is 1. The summed E-state index contributed by atoms with van der Waals surface area (Å²) in [4.78, 5) is 0. The topological polar surface area (TPSA) is 26.0 Å². The zero-order valence-electron chi connectivity index (χ0n) is 8.18. The molecule has 0 amide bonds. The molecule has 0 radical (unpaired) electrons. The van der Waals surface area contributed by atoms with Crippen molar-refractivity contribution in [2.24, 2.45) is 0 Å². The van der Waals surface area contributed by atoms with Gasteiger partial charge in [0.15, 0.2) is 5.82 Å². The molecule has 16 heavy (non-hydrogen) atoms. The van der Waals surface area contributed by atoms with Gasteiger partial charge >= 0.3 is 0 Å². The van der Waals surface area contributed by atoms with E-state index >= 15 is 0 Å². The maximum atomic E-state index is 13.8. The average Bonchev–Trinajstić information content (AvgIpc) is 2.27. The fourth-order valence-corrected chi connectivity index (χ4v) is 1.87. The molecule has 0 spiro atoms. The Kier molecular flexibility index (Phi) is 3.03. The summed E-state index contributed by atoms with van der Waals surface area (Å²) in [6.07, 6.45) is 0. The first kappa shape index (κ1) is 11.2. The smallest absolute Gasteiger partial charge is 0.153 e. The van der Waals surface area contributed by atoms with Crippen molar-refractivity contribution < 1.29 is 4.39 Å². The van der Waals surface area contributed by atoms with E-state index in [0.717, 1.165) is 0 Å². The van der Waals surface area contributed by atoms with Crippen LogP contribution in [-0.4, -0.2) is 0 Å². The molecule has 82 valence electrons. The Morgan fingerprint density at radius 3 is 2.31 bits per heavy atom. The third-order valence-corrected chi connectivity index (χ3v) is 3.09. The van der Waals surface area contributed by atoms with E-state index in [-0.39, 0.29) is 5.69 Å². The molecule has 0 bridgehead atoms. The van der Waals surface area contributed by atoms with E-state index < -0.39 is 5.82 Å². The van der Waals surface area contributed by atoms with E-state index in [2.05, 4.69) is 0 Å². The van der Waals surface area contributed by atoms with Crippen LogP contribution in [0.3, 0.4) is 0 Å². The Labute approximate surface area is 103 Å². The molecular weight excluding hydrogens is 248 g/mol. The first-order valence-corrected chi connectivity index (χ1v) is 5.35. The zero-order chi connectivity index (χ0) is 11.7. The summed E-state index contributed by atoms with van der Waals surface area (Å²) in [7, 11) is 0. The molecule has 2 aromatic carbocycles. The fourth-order valence-electron chi connectivity index (χ4n) is 1.47. The lowest BCUT2D eigenvalue weighted by Crippen LogP contribution is -1.93. The number of rotatable bonds is 1. The second kappa shape index (κ2) is 4.32. The Morgan fingerprint density at radius 2 is 1.56 bits per heavy atom. The summed E-state index contributed by atoms with van der Waals surface area (Å²) < 4.78 is 13.8. The lowest BCUT2D eigenvalue weighted by Gasteiger charge is -2.08. The summed E-state index contributed by atoms with van der Waals surface area (Å²) in [6, 6.07) is 9.85. The van der Waals surface area contributed by atoms with Gasteiger partial charge in [0.1, 0.15) is 0 Å². The van der Waals surface area contributed by atoms with Crippen LogP contribution >= 0.6 is 23.2 Å². The van der Waals surface area contributed by atoms with Crippen LogP contribution in [0.15, 0.2) is 36.4 Å². The molecule has 2 rings (SSSR count). The molecular formula is C12H8Cl2FN. The van der Waals surface area contributed by atoms with Crippen molar-refractivity contribution >= 4 is 28.9 Å². The number of nitrogen functional groups attached to an aromatic ring is 1. The van der Waals surface area contributed by atoms with E-state index in [1.165, 1.54) is 6.07 Å². The van der Waals surface area contributed by atoms with Gasteiger partial charge in [0, 0.05) is 11.1 Å². The minimum absolute atomic E-state index is 0.0912. The molecule has 2 N–H and O–H groups in total. The van der Waals surface area contributed by atoms with Gasteiger partial charge < -0.3 is 5.73 Å². The zero-order valence-corrected chi connectivity index (χ0v) is 9.69. The highest BCUT2D eigenvalue weighted by atomic mass is 35.5. The number of benzene rings is 2. The van der Waals surface area contributed by atoms with Crippen molar-refractivity contribution in [3.63, 3.8) is 0 Å². The van der Waals surface area contributed by atoms with Gasteiger partial charge in [0.05, 0.1) is 15.7 Å². The molecule has 0 atom stereocenters. The molecule has 0 unspecified atom stereocenters. The van der Waals surface area contributed by atoms with Gasteiger partial charge in [-0.15, -0.1) is 0 Å². The standard InChI is InChI=1S/C12H8Cl2FN/c13-9-5-1-3-7(11(9)14)8-4-2-6-10(16)12(8)15/h1-6H,16H2. The minimum atomic E-state index is -0.480. The van der Waals surface area contributed by atoms with Gasteiger partial charge in [0.2, 0.25) is 0 Å². The van der Waals surface area contributed by atoms with Crippen molar-refractivity contribution in [1.82, 2.24) is 0 Å². The van der Waals surface area contributed by atoms with Crippen LogP contribution in [0, 0.1) is 5.82 Å². The SMILES string of the molecule is Nc1cccc(-c2cccc(Cl)c2Cl)c1F. The van der Waals surface area contributed by atoms with E-state index in [0.29, 0.717) is 21.2 Å². The normalized spacial score (nSPS) is 10.4. The lowest BCUT2D eigenvalue weighted by atomic mass is 10.0. The van der Waals surface area contributed by atoms with Gasteiger partial charge in [-0.1, -0.05) is 47.5 Å². The summed E-state index contributed by atoms with van der Waals surface area (Å²) >= 11 is 11.9. The number of halogens is 3. The predicted octanol–water partition coefficient (Wildman–Crippen LogP) is 4.38. The molecule has 1 nitrogen and oxygen atoms in total. The van der Waals surface area contributed by atoms with Crippen LogP contribution in [0.2, 0.25) is 10.0 Å². The lowest BCUT2D eigenvalue weighted by molar-refractivity contribution is 0.636. The van der Waals surface area contributed by atoms with Crippen LogP contribution in [0.4, 0.5) is 10.1 Å². The monoisotopic (exact) mass is 255 g/mol. The van der Waals surface area contributed by atoms with E-state index in [1.807, 2.05) is 0 Å². The molecule has 0 aliphatic carbocycles. The average molecular weight is 256 g/mol. The maximum Gasteiger partial charge on any atom is 0.153 e. The molecule has 0 saturated heterocycles. The van der Waals surface area contributed by atoms with Gasteiger partial charge in [-0.05, 0) is 12.1 Å². The van der Waals surface area contributed by atoms with Crippen LogP contribution < -0.4 is 5.73 Å². The molecule has 0 saturated carbocycles. The molecule has 4 heteroatoms. The Balaban J connectivity index is 2.68. The van der Waals surface area contributed by atoms with E-state index in [1.54, 1.807) is 30.3 Å². The van der Waals surface area contributed by atoms with E-state index in [9.17, 15) is 4.39 Å². The highest BCUT2D eigenvalue weighted by molar-refractivity contribution is 6.43. The predicted molar refractivity (Wildman–Crippen MR) is 66.3 cm³/mol. The second-order valence-electron chi connectivity index (χ2n) is 3.31. The van der Waals surface area contributed by atoms with Crippen LogP contribution in [0.5, 0.6) is 0 Å². The fraction of sp³-hybridized carbons (Fsp3) is 0. The van der Waals surface area contributed by atoms with Crippen molar-refractivity contribution in [3.05, 3.63) is 52.3 Å². The summed E-state index contributed by atoms with van der Waals surface area (Å²) in [5, 5.41) is 0.717. The van der Waals surface area contributed by atoms with Gasteiger partial charge in [-0.3, -0.25) is 0 Å². The Bertz CT molecular complexity index is 491. The van der Waals surface area contributed by atoms with Crippen molar-refractivity contribution in [2.45, 2.75) is 0 Å². The first-order chi connectivity index (χ1) is 7.61. The van der Waals surface area contributed by atoms with Crippen LogP contribution in [0.1, 0.15) is 0 Å². The molecule has 0 aliphatic heterocycles. The second-order valence-corrected chi connectivity index (χ2v) is 4.10. The molecule has 2 aromatic rings. The van der Waals surface area contributed by atoms with Crippen LogP contribution in [0.25, 0.3) is 11.1 Å². The maximum absolute atomic E-state index is 13.8. The van der Waals surface area contributed by atoms with Crippen LogP contribution in [-0.2, 0) is 0 Å². The third kappa shape index (κ3) is 1.86. The van der Waals surface area contributed by atoms with Crippen molar-refractivity contribution in [3.8, 4) is 11.1 Å². The third-order valence-electron chi connectivity index (χ3n) is 2.27. The number of hydrogen-bond donors (Lipinski definition) is 1. The highest BCUT2D eigenvalue weighted by Gasteiger charge is 2.12. The van der Waals surface area contributed by atoms with Crippen molar-refractivity contribution in [2.75, 3.05) is 5.73 Å². The Morgan fingerprint density at radius 1 is 0.938 bits per heavy atom. The van der Waals surface area contributed by atoms with Gasteiger partial charge in [0.25, 0.3) is 0 Å². The van der Waals surface area contributed by atoms with E-state index in [4.69, 9.17) is 28.9 Å². The molecule has 0 aromatic heterocycles. The minimum Gasteiger partial charge on any atom is -0.396 e. The molecule has 0 fully saturated rings. The largest absolute Gasteiger partial charge is 0.396 e. The summed E-state index contributed by atoms with van der Waals surface area (Å²) in [5.74, 6) is -0.480. The summed E-state index contributed by atoms with van der Waals surface area (Å²) in [5.41, 5.74) is 6.48. The number of hydrogen-bond acceptors (Lipinski definition) is 1.